The van der Waals surface area contributed by atoms with Crippen LogP contribution in [0.1, 0.15) is 37.3 Å². The van der Waals surface area contributed by atoms with E-state index in [1.807, 2.05) is 0 Å². The molecule has 1 aliphatic rings. The number of nitrogens with zero attached hydrogens (tertiary/aromatic N) is 1. The van der Waals surface area contributed by atoms with Crippen LogP contribution in [0.2, 0.25) is 0 Å². The zero-order chi connectivity index (χ0) is 13.1. The van der Waals surface area contributed by atoms with Crippen LogP contribution in [0, 0.1) is 21.7 Å². The van der Waals surface area contributed by atoms with E-state index in [1.165, 1.54) is 0 Å². The predicted octanol–water partition coefficient (Wildman–Crippen LogP) is 3.08. The molecule has 0 aliphatic carbocycles. The molecule has 1 aromatic rings. The fraction of sp³-hybridized carbons (Fsp3) is 0.500. The fourth-order valence-electron chi connectivity index (χ4n) is 2.28. The van der Waals surface area contributed by atoms with Crippen molar-refractivity contribution in [3.63, 3.8) is 0 Å². The summed E-state index contributed by atoms with van der Waals surface area (Å²) < 4.78 is 26.3. The highest BCUT2D eigenvalue weighted by Gasteiger charge is 2.25. The van der Waals surface area contributed by atoms with Crippen molar-refractivity contribution in [3.05, 3.63) is 39.4 Å². The third-order valence-corrected chi connectivity index (χ3v) is 3.20. The Bertz CT molecular complexity index is 458. The monoisotopic (exact) mass is 256 g/mol. The van der Waals surface area contributed by atoms with Crippen molar-refractivity contribution < 1.29 is 13.7 Å². The van der Waals surface area contributed by atoms with Crippen molar-refractivity contribution in [1.29, 1.82) is 0 Å². The van der Waals surface area contributed by atoms with Crippen LogP contribution in [0.3, 0.4) is 0 Å². The minimum absolute atomic E-state index is 0.237. The molecule has 98 valence electrons. The van der Waals surface area contributed by atoms with Crippen LogP contribution in [0.15, 0.2) is 12.1 Å². The number of hydrogen-bond acceptors (Lipinski definition) is 3. The summed E-state index contributed by atoms with van der Waals surface area (Å²) >= 11 is 0. The summed E-state index contributed by atoms with van der Waals surface area (Å²) in [5.41, 5.74) is -0.117. The van der Waals surface area contributed by atoms with Gasteiger partial charge >= 0.3 is 0 Å². The molecule has 1 aromatic carbocycles. The second kappa shape index (κ2) is 5.39. The molecular weight excluding hydrogens is 242 g/mol. The number of nitrogens with one attached hydrogen (secondary N) is 1. The lowest BCUT2D eigenvalue weighted by Gasteiger charge is -2.16. The average Bonchev–Trinajstić information content (AvgIpc) is 2.60. The van der Waals surface area contributed by atoms with E-state index < -0.39 is 16.6 Å². The summed E-state index contributed by atoms with van der Waals surface area (Å²) in [6.07, 6.45) is 3.66. The second-order valence-corrected chi connectivity index (χ2v) is 4.44. The molecule has 18 heavy (non-hydrogen) atoms. The number of halogens is 2. The first-order valence-electron chi connectivity index (χ1n) is 5.96. The molecule has 1 N–H and O–H groups in total. The molecule has 0 spiro atoms. The van der Waals surface area contributed by atoms with Gasteiger partial charge in [-0.2, -0.15) is 0 Å². The average molecular weight is 256 g/mol. The van der Waals surface area contributed by atoms with Gasteiger partial charge in [0.1, 0.15) is 0 Å². The van der Waals surface area contributed by atoms with Crippen molar-refractivity contribution in [2.45, 2.75) is 31.7 Å². The Hall–Kier alpha value is -1.56. The molecule has 6 heteroatoms. The Morgan fingerprint density at radius 2 is 1.94 bits per heavy atom. The Morgan fingerprint density at radius 3 is 2.67 bits per heavy atom. The summed E-state index contributed by atoms with van der Waals surface area (Å²) in [4.78, 5) is 10.2. The number of nitro benzene ring substituents is 1. The first-order chi connectivity index (χ1) is 8.59. The smallest absolute Gasteiger partial charge is 0.277 e. The minimum Gasteiger partial charge on any atom is -0.310 e. The topological polar surface area (TPSA) is 55.2 Å². The van der Waals surface area contributed by atoms with Gasteiger partial charge in [-0.25, -0.2) is 8.78 Å². The summed E-state index contributed by atoms with van der Waals surface area (Å²) in [6, 6.07) is 1.33. The van der Waals surface area contributed by atoms with Gasteiger partial charge in [0.2, 0.25) is 0 Å². The van der Waals surface area contributed by atoms with Crippen LogP contribution >= 0.6 is 0 Å². The van der Waals surface area contributed by atoms with Gasteiger partial charge in [0.25, 0.3) is 5.69 Å². The Kier molecular flexibility index (Phi) is 3.86. The lowest BCUT2D eigenvalue weighted by atomic mass is 10.00. The molecule has 1 atom stereocenters. The molecular formula is C12H14F2N2O2. The van der Waals surface area contributed by atoms with E-state index in [0.717, 1.165) is 31.9 Å². The maximum absolute atomic E-state index is 13.3. The summed E-state index contributed by atoms with van der Waals surface area (Å²) in [7, 11) is 0. The molecule has 1 heterocycles. The van der Waals surface area contributed by atoms with Crippen LogP contribution in [0.4, 0.5) is 14.5 Å². The lowest BCUT2D eigenvalue weighted by molar-refractivity contribution is -0.386. The molecule has 4 nitrogen and oxygen atoms in total. The van der Waals surface area contributed by atoms with Crippen LogP contribution in [0.25, 0.3) is 0 Å². The molecule has 1 fully saturated rings. The zero-order valence-electron chi connectivity index (χ0n) is 9.79. The van der Waals surface area contributed by atoms with Crippen molar-refractivity contribution in [3.8, 4) is 0 Å². The lowest BCUT2D eigenvalue weighted by Crippen LogP contribution is -2.21. The maximum Gasteiger partial charge on any atom is 0.277 e. The van der Waals surface area contributed by atoms with Crippen LogP contribution in [-0.4, -0.2) is 11.5 Å². The molecule has 2 rings (SSSR count). The van der Waals surface area contributed by atoms with Gasteiger partial charge in [0.05, 0.1) is 11.0 Å². The number of rotatable bonds is 2. The first-order valence-corrected chi connectivity index (χ1v) is 5.96. The van der Waals surface area contributed by atoms with Gasteiger partial charge < -0.3 is 5.32 Å². The van der Waals surface area contributed by atoms with Crippen molar-refractivity contribution in [1.82, 2.24) is 5.32 Å². The van der Waals surface area contributed by atoms with Gasteiger partial charge in [-0.3, -0.25) is 10.1 Å². The van der Waals surface area contributed by atoms with Gasteiger partial charge in [-0.1, -0.05) is 12.8 Å². The van der Waals surface area contributed by atoms with Crippen molar-refractivity contribution in [2.75, 3.05) is 6.54 Å². The maximum atomic E-state index is 13.3. The third-order valence-electron chi connectivity index (χ3n) is 3.20. The summed E-state index contributed by atoms with van der Waals surface area (Å²) in [6.45, 7) is 0.737. The molecule has 0 radical (unpaired) electrons. The van der Waals surface area contributed by atoms with Crippen LogP contribution in [-0.2, 0) is 0 Å². The van der Waals surface area contributed by atoms with E-state index in [9.17, 15) is 18.9 Å². The highest BCUT2D eigenvalue weighted by molar-refractivity contribution is 5.43. The number of nitro groups is 1. The van der Waals surface area contributed by atoms with Gasteiger partial charge in [-0.15, -0.1) is 0 Å². The van der Waals surface area contributed by atoms with E-state index in [2.05, 4.69) is 5.32 Å². The number of hydrogen-bond donors (Lipinski definition) is 1. The third kappa shape index (κ3) is 2.64. The summed E-state index contributed by atoms with van der Waals surface area (Å²) in [5.74, 6) is -2.22. The van der Waals surface area contributed by atoms with E-state index in [-0.39, 0.29) is 17.3 Å². The molecule has 0 bridgehead atoms. The van der Waals surface area contributed by atoms with Gasteiger partial charge in [-0.05, 0) is 25.5 Å². The van der Waals surface area contributed by atoms with Crippen molar-refractivity contribution in [2.24, 2.45) is 0 Å². The quantitative estimate of drug-likeness (QED) is 0.653. The summed E-state index contributed by atoms with van der Waals surface area (Å²) in [5, 5.41) is 14.0. The predicted molar refractivity (Wildman–Crippen MR) is 62.2 cm³/mol. The Morgan fingerprint density at radius 1 is 1.22 bits per heavy atom. The van der Waals surface area contributed by atoms with Crippen molar-refractivity contribution >= 4 is 5.69 Å². The van der Waals surface area contributed by atoms with E-state index in [1.54, 1.807) is 0 Å². The normalized spacial score (nSPS) is 20.4. The molecule has 0 amide bonds. The SMILES string of the molecule is O=[N+]([O-])c1cc(F)c(F)cc1C1CCCCCN1. The largest absolute Gasteiger partial charge is 0.310 e. The van der Waals surface area contributed by atoms with Gasteiger partial charge in [0, 0.05) is 11.6 Å². The second-order valence-electron chi connectivity index (χ2n) is 4.44. The highest BCUT2D eigenvalue weighted by Crippen LogP contribution is 2.31. The fourth-order valence-corrected chi connectivity index (χ4v) is 2.28. The van der Waals surface area contributed by atoms with Crippen LogP contribution in [0.5, 0.6) is 0 Å². The first kappa shape index (κ1) is 12.9. The highest BCUT2D eigenvalue weighted by atomic mass is 19.2. The molecule has 1 aliphatic heterocycles. The van der Waals surface area contributed by atoms with E-state index in [4.69, 9.17) is 0 Å². The zero-order valence-corrected chi connectivity index (χ0v) is 9.79. The van der Waals surface area contributed by atoms with E-state index in [0.29, 0.717) is 12.5 Å². The standard InChI is InChI=1S/C12H14F2N2O2/c13-9-6-8(11-4-2-1-3-5-15-11)12(16(17)18)7-10(9)14/h6-7,11,15H,1-5H2. The molecule has 1 unspecified atom stereocenters. The number of benzene rings is 1. The van der Waals surface area contributed by atoms with Gasteiger partial charge in [0.15, 0.2) is 11.6 Å². The van der Waals surface area contributed by atoms with Crippen LogP contribution < -0.4 is 5.32 Å². The molecule has 0 aromatic heterocycles. The van der Waals surface area contributed by atoms with E-state index >= 15 is 0 Å². The minimum atomic E-state index is -1.18. The Balaban J connectivity index is 2.40. The molecule has 0 saturated carbocycles. The Labute approximate surface area is 103 Å². The molecule has 1 saturated heterocycles.